The summed E-state index contributed by atoms with van der Waals surface area (Å²) in [5.74, 6) is 0.597. The van der Waals surface area contributed by atoms with E-state index < -0.39 is 0 Å². The zero-order chi connectivity index (χ0) is 12.5. The lowest BCUT2D eigenvalue weighted by molar-refractivity contribution is 0.0917. The van der Waals surface area contributed by atoms with Gasteiger partial charge >= 0.3 is 0 Å². The molecule has 1 aromatic rings. The second-order valence-electron chi connectivity index (χ2n) is 5.64. The van der Waals surface area contributed by atoms with E-state index in [1.165, 1.54) is 4.88 Å². The van der Waals surface area contributed by atoms with E-state index in [9.17, 15) is 0 Å². The number of halogens is 1. The molecule has 2 nitrogen and oxygen atoms in total. The summed E-state index contributed by atoms with van der Waals surface area (Å²) in [6.45, 7) is 8.54. The molecule has 0 aromatic carbocycles. The third kappa shape index (κ3) is 3.78. The Morgan fingerprint density at radius 1 is 1.53 bits per heavy atom. The molecule has 1 aromatic heterocycles. The van der Waals surface area contributed by atoms with Crippen LogP contribution in [0.15, 0.2) is 15.9 Å². The Labute approximate surface area is 116 Å². The van der Waals surface area contributed by atoms with E-state index in [0.29, 0.717) is 5.92 Å². The van der Waals surface area contributed by atoms with Crippen molar-refractivity contribution in [3.63, 3.8) is 0 Å². The van der Waals surface area contributed by atoms with Gasteiger partial charge in [-0.15, -0.1) is 11.3 Å². The summed E-state index contributed by atoms with van der Waals surface area (Å²) < 4.78 is 7.04. The zero-order valence-electron chi connectivity index (χ0n) is 10.6. The van der Waals surface area contributed by atoms with E-state index >= 15 is 0 Å². The number of nitrogens with one attached hydrogen (secondary N) is 1. The highest BCUT2D eigenvalue weighted by molar-refractivity contribution is 9.10. The minimum atomic E-state index is 0.184. The highest BCUT2D eigenvalue weighted by Crippen LogP contribution is 2.38. The first-order valence-electron chi connectivity index (χ1n) is 6.06. The molecule has 2 rings (SSSR count). The van der Waals surface area contributed by atoms with Crippen LogP contribution in [-0.4, -0.2) is 18.7 Å². The van der Waals surface area contributed by atoms with Crippen LogP contribution in [0, 0.1) is 5.92 Å². The normalized spacial score (nSPS) is 25.4. The summed E-state index contributed by atoms with van der Waals surface area (Å²) in [6, 6.07) is 2.19. The lowest BCUT2D eigenvalue weighted by atomic mass is 9.98. The zero-order valence-corrected chi connectivity index (χ0v) is 13.0. The molecule has 0 bridgehead atoms. The highest BCUT2D eigenvalue weighted by Gasteiger charge is 2.31. The fraction of sp³-hybridized carbons (Fsp3) is 0.692. The molecule has 2 atom stereocenters. The van der Waals surface area contributed by atoms with Crippen LogP contribution in [0.25, 0.3) is 0 Å². The Morgan fingerprint density at radius 3 is 2.88 bits per heavy atom. The predicted molar refractivity (Wildman–Crippen MR) is 76.6 cm³/mol. The van der Waals surface area contributed by atoms with Crippen molar-refractivity contribution in [2.75, 3.05) is 13.2 Å². The van der Waals surface area contributed by atoms with E-state index in [1.54, 1.807) is 11.3 Å². The minimum Gasteiger partial charge on any atom is -0.372 e. The van der Waals surface area contributed by atoms with Crippen molar-refractivity contribution in [3.8, 4) is 0 Å². The number of ether oxygens (including phenoxy) is 1. The molecule has 4 heteroatoms. The summed E-state index contributed by atoms with van der Waals surface area (Å²) in [5, 5.41) is 5.71. The Kier molecular flexibility index (Phi) is 4.29. The fourth-order valence-electron chi connectivity index (χ4n) is 2.07. The van der Waals surface area contributed by atoms with Crippen LogP contribution in [-0.2, 0) is 4.74 Å². The summed E-state index contributed by atoms with van der Waals surface area (Å²) in [4.78, 5) is 1.34. The topological polar surface area (TPSA) is 21.3 Å². The van der Waals surface area contributed by atoms with Crippen LogP contribution < -0.4 is 5.32 Å². The van der Waals surface area contributed by atoms with Gasteiger partial charge in [0.2, 0.25) is 0 Å². The van der Waals surface area contributed by atoms with Gasteiger partial charge < -0.3 is 10.1 Å². The molecular formula is C13H20BrNOS. The van der Waals surface area contributed by atoms with Gasteiger partial charge in [-0.05, 0) is 49.2 Å². The van der Waals surface area contributed by atoms with Gasteiger partial charge in [-0.2, -0.15) is 0 Å². The van der Waals surface area contributed by atoms with Crippen molar-refractivity contribution >= 4 is 27.3 Å². The van der Waals surface area contributed by atoms with Gasteiger partial charge in [0.25, 0.3) is 0 Å². The van der Waals surface area contributed by atoms with E-state index in [2.05, 4.69) is 53.5 Å². The molecule has 96 valence electrons. The molecule has 0 saturated carbocycles. The van der Waals surface area contributed by atoms with Crippen molar-refractivity contribution in [1.82, 2.24) is 5.32 Å². The Hall–Kier alpha value is 0.1000. The standard InChI is InChI=1S/C13H20BrNOS/c1-13(2,3)15-7-9-4-5-16-12(9)11-6-10(14)8-17-11/h6,8-9,12,15H,4-5,7H2,1-3H3. The van der Waals surface area contributed by atoms with E-state index in [1.807, 2.05) is 0 Å². The first kappa shape index (κ1) is 13.5. The number of rotatable bonds is 3. The maximum Gasteiger partial charge on any atom is 0.0958 e. The maximum absolute atomic E-state index is 5.88. The van der Waals surface area contributed by atoms with Gasteiger partial charge in [-0.1, -0.05) is 0 Å². The van der Waals surface area contributed by atoms with Crippen molar-refractivity contribution in [2.24, 2.45) is 5.92 Å². The molecule has 17 heavy (non-hydrogen) atoms. The van der Waals surface area contributed by atoms with Gasteiger partial charge in [0, 0.05) is 39.3 Å². The summed E-state index contributed by atoms with van der Waals surface area (Å²) in [7, 11) is 0. The minimum absolute atomic E-state index is 0.184. The van der Waals surface area contributed by atoms with Gasteiger partial charge in [0.05, 0.1) is 6.10 Å². The largest absolute Gasteiger partial charge is 0.372 e. The Balaban J connectivity index is 1.98. The lowest BCUT2D eigenvalue weighted by Crippen LogP contribution is -2.39. The van der Waals surface area contributed by atoms with Crippen LogP contribution in [0.4, 0.5) is 0 Å². The van der Waals surface area contributed by atoms with Crippen molar-refractivity contribution in [1.29, 1.82) is 0 Å². The third-order valence-electron chi connectivity index (χ3n) is 2.98. The molecule has 1 aliphatic heterocycles. The van der Waals surface area contributed by atoms with Gasteiger partial charge in [0.1, 0.15) is 0 Å². The van der Waals surface area contributed by atoms with E-state index in [0.717, 1.165) is 24.0 Å². The molecule has 0 aliphatic carbocycles. The van der Waals surface area contributed by atoms with Crippen molar-refractivity contribution < 1.29 is 4.74 Å². The predicted octanol–water partition coefficient (Wildman–Crippen LogP) is 3.98. The monoisotopic (exact) mass is 317 g/mol. The molecule has 2 heterocycles. The van der Waals surface area contributed by atoms with Crippen molar-refractivity contribution in [2.45, 2.75) is 38.8 Å². The Morgan fingerprint density at radius 2 is 2.29 bits per heavy atom. The maximum atomic E-state index is 5.88. The first-order valence-corrected chi connectivity index (χ1v) is 7.73. The first-order chi connectivity index (χ1) is 7.96. The SMILES string of the molecule is CC(C)(C)NCC1CCOC1c1cc(Br)cs1. The smallest absolute Gasteiger partial charge is 0.0958 e. The molecular weight excluding hydrogens is 298 g/mol. The Bertz CT molecular complexity index is 372. The molecule has 1 N–H and O–H groups in total. The molecule has 1 saturated heterocycles. The molecule has 0 amide bonds. The third-order valence-corrected chi connectivity index (χ3v) is 4.73. The summed E-state index contributed by atoms with van der Waals surface area (Å²) in [5.41, 5.74) is 0.184. The van der Waals surface area contributed by atoms with E-state index in [4.69, 9.17) is 4.74 Å². The van der Waals surface area contributed by atoms with Gasteiger partial charge in [0.15, 0.2) is 0 Å². The fourth-order valence-corrected chi connectivity index (χ4v) is 3.66. The van der Waals surface area contributed by atoms with Crippen LogP contribution in [0.2, 0.25) is 0 Å². The van der Waals surface area contributed by atoms with Crippen molar-refractivity contribution in [3.05, 3.63) is 20.8 Å². The molecule has 0 spiro atoms. The number of hydrogen-bond donors (Lipinski definition) is 1. The van der Waals surface area contributed by atoms with Crippen LogP contribution >= 0.6 is 27.3 Å². The average Bonchev–Trinajstić information content (AvgIpc) is 2.81. The molecule has 0 radical (unpaired) electrons. The number of hydrogen-bond acceptors (Lipinski definition) is 3. The summed E-state index contributed by atoms with van der Waals surface area (Å²) in [6.07, 6.45) is 1.43. The molecule has 1 fully saturated rings. The second kappa shape index (κ2) is 5.39. The van der Waals surface area contributed by atoms with Gasteiger partial charge in [-0.25, -0.2) is 0 Å². The number of thiophene rings is 1. The van der Waals surface area contributed by atoms with Crippen LogP contribution in [0.5, 0.6) is 0 Å². The average molecular weight is 318 g/mol. The van der Waals surface area contributed by atoms with Gasteiger partial charge in [-0.3, -0.25) is 0 Å². The summed E-state index contributed by atoms with van der Waals surface area (Å²) >= 11 is 5.29. The second-order valence-corrected chi connectivity index (χ2v) is 7.50. The van der Waals surface area contributed by atoms with E-state index in [-0.39, 0.29) is 11.6 Å². The highest BCUT2D eigenvalue weighted by atomic mass is 79.9. The van der Waals surface area contributed by atoms with Crippen LogP contribution in [0.1, 0.15) is 38.2 Å². The molecule has 1 aliphatic rings. The quantitative estimate of drug-likeness (QED) is 0.910. The van der Waals surface area contributed by atoms with Crippen LogP contribution in [0.3, 0.4) is 0 Å². The lowest BCUT2D eigenvalue weighted by Gasteiger charge is -2.25. The molecule has 2 unspecified atom stereocenters.